The SMILES string of the molecule is Cc1ccc(C(=O)NCC2CCNCC2)c(=O)[nH]1. The number of carbonyl (C=O) groups excluding carboxylic acids is 1. The van der Waals surface area contributed by atoms with Crippen LogP contribution in [0.15, 0.2) is 16.9 Å². The molecule has 1 aliphatic heterocycles. The number of nitrogens with one attached hydrogen (secondary N) is 3. The lowest BCUT2D eigenvalue weighted by Gasteiger charge is -2.22. The molecule has 0 radical (unpaired) electrons. The smallest absolute Gasteiger partial charge is 0.260 e. The molecule has 2 rings (SSSR count). The second-order valence-electron chi connectivity index (χ2n) is 4.79. The van der Waals surface area contributed by atoms with Crippen molar-refractivity contribution in [2.24, 2.45) is 5.92 Å². The van der Waals surface area contributed by atoms with Gasteiger partial charge in [-0.25, -0.2) is 0 Å². The molecule has 0 bridgehead atoms. The van der Waals surface area contributed by atoms with Crippen LogP contribution in [0.1, 0.15) is 28.9 Å². The summed E-state index contributed by atoms with van der Waals surface area (Å²) in [6, 6.07) is 3.31. The van der Waals surface area contributed by atoms with E-state index in [1.165, 1.54) is 0 Å². The molecule has 1 amide bonds. The number of piperidine rings is 1. The topological polar surface area (TPSA) is 74.0 Å². The molecule has 0 aromatic carbocycles. The molecule has 5 nitrogen and oxygen atoms in total. The molecule has 18 heavy (non-hydrogen) atoms. The Hall–Kier alpha value is -1.62. The van der Waals surface area contributed by atoms with Gasteiger partial charge in [0, 0.05) is 12.2 Å². The minimum atomic E-state index is -0.321. The van der Waals surface area contributed by atoms with Crippen molar-refractivity contribution in [3.63, 3.8) is 0 Å². The van der Waals surface area contributed by atoms with Crippen LogP contribution >= 0.6 is 0 Å². The normalized spacial score (nSPS) is 16.5. The summed E-state index contributed by atoms with van der Waals surface area (Å²) < 4.78 is 0. The van der Waals surface area contributed by atoms with E-state index in [0.717, 1.165) is 31.6 Å². The molecule has 1 aromatic rings. The molecule has 1 saturated heterocycles. The summed E-state index contributed by atoms with van der Waals surface area (Å²) in [5.74, 6) is 0.231. The van der Waals surface area contributed by atoms with E-state index < -0.39 is 0 Å². The number of aromatic nitrogens is 1. The molecule has 1 aliphatic rings. The van der Waals surface area contributed by atoms with Crippen LogP contribution in [-0.4, -0.2) is 30.5 Å². The molecule has 0 spiro atoms. The van der Waals surface area contributed by atoms with Crippen molar-refractivity contribution in [3.8, 4) is 0 Å². The number of rotatable bonds is 3. The summed E-state index contributed by atoms with van der Waals surface area (Å²) in [5.41, 5.74) is 0.627. The van der Waals surface area contributed by atoms with Gasteiger partial charge in [-0.2, -0.15) is 0 Å². The Morgan fingerprint density at radius 1 is 1.39 bits per heavy atom. The van der Waals surface area contributed by atoms with Crippen molar-refractivity contribution >= 4 is 5.91 Å². The van der Waals surface area contributed by atoms with E-state index in [1.54, 1.807) is 19.1 Å². The molecular formula is C13H19N3O2. The van der Waals surface area contributed by atoms with Crippen molar-refractivity contribution in [1.82, 2.24) is 15.6 Å². The zero-order valence-corrected chi connectivity index (χ0v) is 10.6. The Balaban J connectivity index is 1.93. The predicted octanol–water partition coefficient (Wildman–Crippen LogP) is 0.413. The first-order chi connectivity index (χ1) is 8.66. The largest absolute Gasteiger partial charge is 0.352 e. The van der Waals surface area contributed by atoms with Crippen molar-refractivity contribution in [2.45, 2.75) is 19.8 Å². The van der Waals surface area contributed by atoms with Gasteiger partial charge in [0.05, 0.1) is 0 Å². The Kier molecular flexibility index (Phi) is 4.15. The first-order valence-electron chi connectivity index (χ1n) is 6.35. The number of H-pyrrole nitrogens is 1. The number of amides is 1. The number of pyridine rings is 1. The number of aryl methyl sites for hydroxylation is 1. The highest BCUT2D eigenvalue weighted by Gasteiger charge is 2.15. The van der Waals surface area contributed by atoms with Crippen molar-refractivity contribution in [3.05, 3.63) is 33.7 Å². The second-order valence-corrected chi connectivity index (χ2v) is 4.79. The van der Waals surface area contributed by atoms with Gasteiger partial charge in [-0.15, -0.1) is 0 Å². The maximum atomic E-state index is 11.9. The zero-order valence-electron chi connectivity index (χ0n) is 10.6. The van der Waals surface area contributed by atoms with Gasteiger partial charge in [0.2, 0.25) is 0 Å². The van der Waals surface area contributed by atoms with Gasteiger partial charge < -0.3 is 15.6 Å². The van der Waals surface area contributed by atoms with E-state index >= 15 is 0 Å². The lowest BCUT2D eigenvalue weighted by molar-refractivity contribution is 0.0942. The van der Waals surface area contributed by atoms with Gasteiger partial charge in [-0.1, -0.05) is 0 Å². The van der Waals surface area contributed by atoms with Gasteiger partial charge >= 0.3 is 0 Å². The first kappa shape index (κ1) is 12.8. The zero-order chi connectivity index (χ0) is 13.0. The first-order valence-corrected chi connectivity index (χ1v) is 6.35. The third kappa shape index (κ3) is 3.20. The standard InChI is InChI=1S/C13H19N3O2/c1-9-2-3-11(13(18)16-9)12(17)15-8-10-4-6-14-7-5-10/h2-3,10,14H,4-8H2,1H3,(H,15,17)(H,16,18). The van der Waals surface area contributed by atoms with Crippen molar-refractivity contribution in [2.75, 3.05) is 19.6 Å². The fourth-order valence-corrected chi connectivity index (χ4v) is 2.17. The summed E-state index contributed by atoms with van der Waals surface area (Å²) in [6.07, 6.45) is 2.15. The van der Waals surface area contributed by atoms with Crippen LogP contribution in [0, 0.1) is 12.8 Å². The van der Waals surface area contributed by atoms with Gasteiger partial charge in [0.15, 0.2) is 0 Å². The average molecular weight is 249 g/mol. The molecule has 0 aliphatic carbocycles. The molecule has 98 valence electrons. The van der Waals surface area contributed by atoms with Gasteiger partial charge in [-0.05, 0) is 50.9 Å². The van der Waals surface area contributed by atoms with Crippen molar-refractivity contribution < 1.29 is 4.79 Å². The molecular weight excluding hydrogens is 230 g/mol. The third-order valence-corrected chi connectivity index (χ3v) is 3.31. The molecule has 5 heteroatoms. The molecule has 2 heterocycles. The van der Waals surface area contributed by atoms with Crippen LogP contribution in [0.5, 0.6) is 0 Å². The number of carbonyl (C=O) groups is 1. The summed E-state index contributed by atoms with van der Waals surface area (Å²) in [4.78, 5) is 26.1. The highest BCUT2D eigenvalue weighted by Crippen LogP contribution is 2.09. The molecule has 0 saturated carbocycles. The molecule has 1 fully saturated rings. The van der Waals surface area contributed by atoms with Crippen LogP contribution in [0.3, 0.4) is 0 Å². The van der Waals surface area contributed by atoms with Gasteiger partial charge in [0.25, 0.3) is 11.5 Å². The number of hydrogen-bond acceptors (Lipinski definition) is 3. The quantitative estimate of drug-likeness (QED) is 0.726. The summed E-state index contributed by atoms with van der Waals surface area (Å²) in [6.45, 7) is 4.45. The molecule has 0 atom stereocenters. The summed E-state index contributed by atoms with van der Waals surface area (Å²) in [5, 5.41) is 6.12. The predicted molar refractivity (Wildman–Crippen MR) is 69.7 cm³/mol. The maximum absolute atomic E-state index is 11.9. The van der Waals surface area contributed by atoms with Crippen LogP contribution in [0.4, 0.5) is 0 Å². The van der Waals surface area contributed by atoms with E-state index in [1.807, 2.05) is 0 Å². The van der Waals surface area contributed by atoms with E-state index in [0.29, 0.717) is 12.5 Å². The summed E-state index contributed by atoms with van der Waals surface area (Å²) in [7, 11) is 0. The maximum Gasteiger partial charge on any atom is 0.260 e. The Bertz CT molecular complexity index is 475. The highest BCUT2D eigenvalue weighted by molar-refractivity contribution is 5.93. The number of aromatic amines is 1. The fraction of sp³-hybridized carbons (Fsp3) is 0.538. The van der Waals surface area contributed by atoms with Crippen LogP contribution in [-0.2, 0) is 0 Å². The molecule has 0 unspecified atom stereocenters. The molecule has 1 aromatic heterocycles. The van der Waals surface area contributed by atoms with Crippen LogP contribution < -0.4 is 16.2 Å². The minimum absolute atomic E-state index is 0.189. The van der Waals surface area contributed by atoms with E-state index in [9.17, 15) is 9.59 Å². The Morgan fingerprint density at radius 2 is 2.11 bits per heavy atom. The molecule has 3 N–H and O–H groups in total. The lowest BCUT2D eigenvalue weighted by atomic mass is 9.98. The Labute approximate surface area is 106 Å². The highest BCUT2D eigenvalue weighted by atomic mass is 16.2. The minimum Gasteiger partial charge on any atom is -0.352 e. The Morgan fingerprint density at radius 3 is 2.78 bits per heavy atom. The van der Waals surface area contributed by atoms with Crippen molar-refractivity contribution in [1.29, 1.82) is 0 Å². The lowest BCUT2D eigenvalue weighted by Crippen LogP contribution is -2.37. The second kappa shape index (κ2) is 5.82. The van der Waals surface area contributed by atoms with Gasteiger partial charge in [0.1, 0.15) is 5.56 Å². The van der Waals surface area contributed by atoms with Crippen LogP contribution in [0.25, 0.3) is 0 Å². The van der Waals surface area contributed by atoms with E-state index in [2.05, 4.69) is 15.6 Å². The van der Waals surface area contributed by atoms with E-state index in [-0.39, 0.29) is 17.0 Å². The third-order valence-electron chi connectivity index (χ3n) is 3.31. The van der Waals surface area contributed by atoms with Gasteiger partial charge in [-0.3, -0.25) is 9.59 Å². The monoisotopic (exact) mass is 249 g/mol. The number of hydrogen-bond donors (Lipinski definition) is 3. The fourth-order valence-electron chi connectivity index (χ4n) is 2.17. The average Bonchev–Trinajstić information content (AvgIpc) is 2.37. The summed E-state index contributed by atoms with van der Waals surface area (Å²) >= 11 is 0. The van der Waals surface area contributed by atoms with Crippen LogP contribution in [0.2, 0.25) is 0 Å². The van der Waals surface area contributed by atoms with E-state index in [4.69, 9.17) is 0 Å².